The third-order valence-electron chi connectivity index (χ3n) is 3.87. The van der Waals surface area contributed by atoms with Gasteiger partial charge in [0.15, 0.2) is 0 Å². The van der Waals surface area contributed by atoms with E-state index in [0.717, 1.165) is 37.1 Å². The Hall–Kier alpha value is -0.880. The maximum Gasteiger partial charge on any atom is 0.239 e. The van der Waals surface area contributed by atoms with Crippen molar-refractivity contribution in [3.8, 4) is 0 Å². The zero-order valence-electron chi connectivity index (χ0n) is 10.4. The van der Waals surface area contributed by atoms with E-state index in [1.165, 1.54) is 0 Å². The van der Waals surface area contributed by atoms with Crippen molar-refractivity contribution in [2.75, 3.05) is 26.7 Å². The van der Waals surface area contributed by atoms with Gasteiger partial charge in [0.25, 0.3) is 0 Å². The van der Waals surface area contributed by atoms with E-state index in [2.05, 4.69) is 25.9 Å². The maximum atomic E-state index is 11.9. The Morgan fingerprint density at radius 2 is 2.28 bits per heavy atom. The van der Waals surface area contributed by atoms with E-state index in [1.54, 1.807) is 0 Å². The fraction of sp³-hybridized carbons (Fsp3) is 0.667. The van der Waals surface area contributed by atoms with Gasteiger partial charge in [0, 0.05) is 45.3 Å². The molecule has 2 aliphatic rings. The number of amides is 1. The zero-order valence-corrected chi connectivity index (χ0v) is 12.0. The third kappa shape index (κ3) is 2.19. The molecule has 1 atom stereocenters. The van der Waals surface area contributed by atoms with Gasteiger partial charge in [-0.3, -0.25) is 14.4 Å². The highest BCUT2D eigenvalue weighted by molar-refractivity contribution is 9.10. The topological polar surface area (TPSA) is 41.4 Å². The minimum atomic E-state index is 0.135. The van der Waals surface area contributed by atoms with Gasteiger partial charge in [-0.05, 0) is 22.4 Å². The highest BCUT2D eigenvalue weighted by Crippen LogP contribution is 2.25. The van der Waals surface area contributed by atoms with Crippen LogP contribution in [0.5, 0.6) is 0 Å². The summed E-state index contributed by atoms with van der Waals surface area (Å²) in [6, 6.07) is 0.135. The molecule has 2 saturated heterocycles. The number of likely N-dealkylation sites (N-methyl/N-ethyl adjacent to an activating group) is 1. The fourth-order valence-corrected chi connectivity index (χ4v) is 3.15. The van der Waals surface area contributed by atoms with Crippen LogP contribution < -0.4 is 0 Å². The van der Waals surface area contributed by atoms with Gasteiger partial charge >= 0.3 is 0 Å². The summed E-state index contributed by atoms with van der Waals surface area (Å²) in [5, 5.41) is 4.26. The normalized spacial score (nSPS) is 25.8. The van der Waals surface area contributed by atoms with Gasteiger partial charge in [-0.25, -0.2) is 0 Å². The molecule has 5 nitrogen and oxygen atoms in total. The molecule has 0 radical (unpaired) electrons. The molecule has 3 heterocycles. The molecule has 2 fully saturated rings. The average Bonchev–Trinajstić information content (AvgIpc) is 2.82. The number of halogens is 1. The van der Waals surface area contributed by atoms with Gasteiger partial charge in [-0.15, -0.1) is 0 Å². The number of likely N-dealkylation sites (tertiary alicyclic amines) is 2. The number of carbonyl (C=O) groups excluding carboxylic acids is 1. The molecule has 18 heavy (non-hydrogen) atoms. The van der Waals surface area contributed by atoms with Crippen LogP contribution in [-0.2, 0) is 11.3 Å². The molecule has 0 aliphatic carbocycles. The van der Waals surface area contributed by atoms with E-state index in [9.17, 15) is 4.79 Å². The van der Waals surface area contributed by atoms with E-state index in [0.29, 0.717) is 5.92 Å². The van der Waals surface area contributed by atoms with Gasteiger partial charge in [0.2, 0.25) is 5.91 Å². The predicted octanol–water partition coefficient (Wildman–Crippen LogP) is 0.808. The van der Waals surface area contributed by atoms with Crippen LogP contribution in [0.4, 0.5) is 0 Å². The minimum Gasteiger partial charge on any atom is -0.344 e. The monoisotopic (exact) mass is 312 g/mol. The highest BCUT2D eigenvalue weighted by Gasteiger charge is 2.40. The van der Waals surface area contributed by atoms with E-state index in [4.69, 9.17) is 0 Å². The lowest BCUT2D eigenvalue weighted by Gasteiger charge is -2.42. The van der Waals surface area contributed by atoms with E-state index in [1.807, 2.05) is 29.0 Å². The second-order valence-electron chi connectivity index (χ2n) is 5.26. The lowest BCUT2D eigenvalue weighted by atomic mass is 9.97. The maximum absolute atomic E-state index is 11.9. The van der Waals surface area contributed by atoms with E-state index < -0.39 is 0 Å². The van der Waals surface area contributed by atoms with Gasteiger partial charge in [-0.2, -0.15) is 5.10 Å². The number of nitrogens with zero attached hydrogens (tertiary/aromatic N) is 4. The Balaban J connectivity index is 1.50. The molecule has 1 unspecified atom stereocenters. The Morgan fingerprint density at radius 1 is 1.50 bits per heavy atom. The minimum absolute atomic E-state index is 0.135. The van der Waals surface area contributed by atoms with Gasteiger partial charge in [0.1, 0.15) is 0 Å². The number of carbonyl (C=O) groups is 1. The zero-order chi connectivity index (χ0) is 12.7. The van der Waals surface area contributed by atoms with Crippen molar-refractivity contribution in [2.45, 2.75) is 19.0 Å². The molecule has 0 N–H and O–H groups in total. The van der Waals surface area contributed by atoms with Crippen molar-refractivity contribution in [1.82, 2.24) is 19.6 Å². The van der Waals surface area contributed by atoms with Crippen LogP contribution in [0, 0.1) is 5.92 Å². The SMILES string of the molecule is CN1CCC(N2CC(Cn3cc(Br)cn3)C2)C1=O. The van der Waals surface area contributed by atoms with Gasteiger partial charge in [-0.1, -0.05) is 0 Å². The summed E-state index contributed by atoms with van der Waals surface area (Å²) in [4.78, 5) is 16.0. The molecule has 3 rings (SSSR count). The second-order valence-corrected chi connectivity index (χ2v) is 6.18. The average molecular weight is 313 g/mol. The van der Waals surface area contributed by atoms with Gasteiger partial charge in [0.05, 0.1) is 16.7 Å². The highest BCUT2D eigenvalue weighted by atomic mass is 79.9. The smallest absolute Gasteiger partial charge is 0.239 e. The number of rotatable bonds is 3. The summed E-state index contributed by atoms with van der Waals surface area (Å²) in [5.41, 5.74) is 0. The molecular formula is C12H17BrN4O. The molecule has 0 bridgehead atoms. The number of aromatic nitrogens is 2. The molecule has 1 aromatic rings. The van der Waals surface area contributed by atoms with Crippen molar-refractivity contribution in [3.63, 3.8) is 0 Å². The number of hydrogen-bond donors (Lipinski definition) is 0. The van der Waals surface area contributed by atoms with Crippen LogP contribution in [-0.4, -0.2) is 58.2 Å². The Labute approximate surface area is 115 Å². The van der Waals surface area contributed by atoms with Crippen LogP contribution >= 0.6 is 15.9 Å². The first kappa shape index (κ1) is 12.2. The summed E-state index contributed by atoms with van der Waals surface area (Å²) in [5.74, 6) is 0.908. The van der Waals surface area contributed by atoms with Crippen LogP contribution in [0.3, 0.4) is 0 Å². The Bertz CT molecular complexity index is 455. The summed E-state index contributed by atoms with van der Waals surface area (Å²) >= 11 is 3.40. The lowest BCUT2D eigenvalue weighted by Crippen LogP contribution is -2.55. The molecule has 6 heteroatoms. The lowest BCUT2D eigenvalue weighted by molar-refractivity contribution is -0.133. The standard InChI is InChI=1S/C12H17BrN4O/c1-15-3-2-11(12(15)18)16-5-9(6-16)7-17-8-10(13)4-14-17/h4,8-9,11H,2-3,5-7H2,1H3. The summed E-state index contributed by atoms with van der Waals surface area (Å²) in [6.07, 6.45) is 4.79. The number of hydrogen-bond acceptors (Lipinski definition) is 3. The van der Waals surface area contributed by atoms with Crippen LogP contribution in [0.15, 0.2) is 16.9 Å². The third-order valence-corrected chi connectivity index (χ3v) is 4.28. The summed E-state index contributed by atoms with van der Waals surface area (Å²) < 4.78 is 2.99. The molecule has 2 aliphatic heterocycles. The van der Waals surface area contributed by atoms with Crippen molar-refractivity contribution >= 4 is 21.8 Å². The molecular weight excluding hydrogens is 296 g/mol. The molecule has 0 aromatic carbocycles. The molecule has 98 valence electrons. The van der Waals surface area contributed by atoms with Crippen molar-refractivity contribution < 1.29 is 4.79 Å². The predicted molar refractivity (Wildman–Crippen MR) is 71.0 cm³/mol. The molecule has 1 aromatic heterocycles. The molecule has 1 amide bonds. The van der Waals surface area contributed by atoms with Crippen LogP contribution in [0.1, 0.15) is 6.42 Å². The Morgan fingerprint density at radius 3 is 2.83 bits per heavy atom. The second kappa shape index (κ2) is 4.66. The van der Waals surface area contributed by atoms with Crippen LogP contribution in [0.2, 0.25) is 0 Å². The summed E-state index contributed by atoms with van der Waals surface area (Å²) in [6.45, 7) is 3.87. The van der Waals surface area contributed by atoms with Crippen LogP contribution in [0.25, 0.3) is 0 Å². The first-order valence-electron chi connectivity index (χ1n) is 6.30. The summed E-state index contributed by atoms with van der Waals surface area (Å²) in [7, 11) is 1.89. The Kier molecular flexibility index (Phi) is 3.15. The fourth-order valence-electron chi connectivity index (χ4n) is 2.83. The van der Waals surface area contributed by atoms with Crippen molar-refractivity contribution in [1.29, 1.82) is 0 Å². The first-order chi connectivity index (χ1) is 8.63. The largest absolute Gasteiger partial charge is 0.344 e. The van der Waals surface area contributed by atoms with Crippen molar-refractivity contribution in [3.05, 3.63) is 16.9 Å². The van der Waals surface area contributed by atoms with E-state index in [-0.39, 0.29) is 11.9 Å². The quantitative estimate of drug-likeness (QED) is 0.829. The van der Waals surface area contributed by atoms with Crippen molar-refractivity contribution in [2.24, 2.45) is 5.92 Å². The molecule has 0 saturated carbocycles. The first-order valence-corrected chi connectivity index (χ1v) is 7.10. The van der Waals surface area contributed by atoms with E-state index >= 15 is 0 Å². The van der Waals surface area contributed by atoms with Gasteiger partial charge < -0.3 is 4.90 Å². The molecule has 0 spiro atoms.